The summed E-state index contributed by atoms with van der Waals surface area (Å²) < 4.78 is 0. The minimum atomic E-state index is -0.111. The Balaban J connectivity index is 2.29. The van der Waals surface area contributed by atoms with Crippen molar-refractivity contribution in [2.75, 3.05) is 5.75 Å². The normalized spacial score (nSPS) is 10.6. The van der Waals surface area contributed by atoms with E-state index in [1.807, 2.05) is 20.8 Å². The summed E-state index contributed by atoms with van der Waals surface area (Å²) in [5.41, 5.74) is 5.68. The third-order valence-electron chi connectivity index (χ3n) is 4.48. The molecule has 2 rings (SSSR count). The fraction of sp³-hybridized carbons (Fsp3) is 0.368. The Morgan fingerprint density at radius 2 is 1.76 bits per heavy atom. The Morgan fingerprint density at radius 3 is 2.28 bits per heavy atom. The van der Waals surface area contributed by atoms with E-state index in [-0.39, 0.29) is 17.3 Å². The van der Waals surface area contributed by atoms with Crippen LogP contribution in [0.4, 0.5) is 0 Å². The molecule has 0 aliphatic rings. The first-order valence-electron chi connectivity index (χ1n) is 7.93. The first kappa shape index (κ1) is 18.9. The minimum Gasteiger partial charge on any atom is -0.355 e. The summed E-state index contributed by atoms with van der Waals surface area (Å²) in [6.45, 7) is 10.8. The number of Topliss-reactive ketones (excluding diaryl/α,β-unsaturated/α-hetero) is 2. The van der Waals surface area contributed by atoms with Gasteiger partial charge in [-0.25, -0.2) is 4.98 Å². The number of carbonyl (C=O) groups excluding carboxylic acids is 2. The average Bonchev–Trinajstić information content (AvgIpc) is 2.85. The molecule has 2 aromatic rings. The summed E-state index contributed by atoms with van der Waals surface area (Å²) in [5, 5.41) is 9.98. The van der Waals surface area contributed by atoms with Crippen molar-refractivity contribution in [1.82, 2.24) is 9.97 Å². The lowest BCUT2D eigenvalue weighted by Gasteiger charge is -2.10. The summed E-state index contributed by atoms with van der Waals surface area (Å²) >= 11 is 1.26. The average molecular weight is 355 g/mol. The van der Waals surface area contributed by atoms with Gasteiger partial charge in [0.15, 0.2) is 11.6 Å². The van der Waals surface area contributed by atoms with Crippen molar-refractivity contribution in [3.05, 3.63) is 44.9 Å². The fourth-order valence-electron chi connectivity index (χ4n) is 2.91. The molecule has 25 heavy (non-hydrogen) atoms. The molecule has 0 saturated heterocycles. The van der Waals surface area contributed by atoms with Crippen LogP contribution in [0.5, 0.6) is 0 Å². The summed E-state index contributed by atoms with van der Waals surface area (Å²) in [6, 6.07) is 2.19. The van der Waals surface area contributed by atoms with Gasteiger partial charge in [0.1, 0.15) is 11.1 Å². The van der Waals surface area contributed by atoms with Gasteiger partial charge in [0, 0.05) is 17.0 Å². The molecule has 2 heterocycles. The number of pyridine rings is 1. The van der Waals surface area contributed by atoms with Gasteiger partial charge < -0.3 is 4.98 Å². The molecule has 0 bridgehead atoms. The van der Waals surface area contributed by atoms with Crippen LogP contribution in [-0.4, -0.2) is 27.3 Å². The van der Waals surface area contributed by atoms with Crippen molar-refractivity contribution in [3.63, 3.8) is 0 Å². The molecule has 0 saturated carbocycles. The smallest absolute Gasteiger partial charge is 0.189 e. The number of aromatic nitrogens is 2. The molecular weight excluding hydrogens is 334 g/mol. The van der Waals surface area contributed by atoms with E-state index in [0.717, 1.165) is 16.8 Å². The molecule has 1 N–H and O–H groups in total. The molecule has 0 atom stereocenters. The van der Waals surface area contributed by atoms with Crippen LogP contribution in [0.2, 0.25) is 0 Å². The van der Waals surface area contributed by atoms with Gasteiger partial charge in [0.2, 0.25) is 0 Å². The highest BCUT2D eigenvalue weighted by atomic mass is 32.2. The number of nitriles is 1. The van der Waals surface area contributed by atoms with Crippen molar-refractivity contribution >= 4 is 23.3 Å². The second-order valence-corrected chi connectivity index (χ2v) is 7.10. The zero-order valence-corrected chi connectivity index (χ0v) is 16.1. The molecule has 0 aromatic carbocycles. The number of aryl methyl sites for hydroxylation is 2. The monoisotopic (exact) mass is 355 g/mol. The van der Waals surface area contributed by atoms with Gasteiger partial charge in [0.05, 0.1) is 17.0 Å². The van der Waals surface area contributed by atoms with Gasteiger partial charge in [-0.15, -0.1) is 0 Å². The molecule has 0 unspecified atom stereocenters. The van der Waals surface area contributed by atoms with Crippen molar-refractivity contribution < 1.29 is 9.59 Å². The number of nitrogens with zero attached hydrogens (tertiary/aromatic N) is 2. The van der Waals surface area contributed by atoms with Crippen molar-refractivity contribution in [2.24, 2.45) is 0 Å². The lowest BCUT2D eigenvalue weighted by atomic mass is 10.1. The quantitative estimate of drug-likeness (QED) is 0.647. The highest BCUT2D eigenvalue weighted by Crippen LogP contribution is 2.28. The second-order valence-electron chi connectivity index (χ2n) is 6.13. The number of aromatic amines is 1. The molecule has 130 valence electrons. The highest BCUT2D eigenvalue weighted by molar-refractivity contribution is 8.00. The number of nitrogens with one attached hydrogen (secondary N) is 1. The third-order valence-corrected chi connectivity index (χ3v) is 5.46. The van der Waals surface area contributed by atoms with Crippen molar-refractivity contribution in [1.29, 1.82) is 5.26 Å². The first-order chi connectivity index (χ1) is 11.7. The number of hydrogen-bond acceptors (Lipinski definition) is 5. The van der Waals surface area contributed by atoms with Crippen LogP contribution in [-0.2, 0) is 0 Å². The van der Waals surface area contributed by atoms with Crippen molar-refractivity contribution in [2.45, 2.75) is 46.6 Å². The second kappa shape index (κ2) is 7.24. The SMILES string of the molecule is CC(=O)c1c(C)[nH]c(C(=O)CSc2nc(C)c(C)c(C)c2C#N)c1C. The van der Waals surface area contributed by atoms with Gasteiger partial charge >= 0.3 is 0 Å². The summed E-state index contributed by atoms with van der Waals surface area (Å²) in [6.07, 6.45) is 0. The van der Waals surface area contributed by atoms with E-state index in [1.54, 1.807) is 13.8 Å². The van der Waals surface area contributed by atoms with E-state index in [2.05, 4.69) is 16.0 Å². The molecule has 5 nitrogen and oxygen atoms in total. The molecule has 0 radical (unpaired) electrons. The van der Waals surface area contributed by atoms with E-state index in [4.69, 9.17) is 0 Å². The Morgan fingerprint density at radius 1 is 1.12 bits per heavy atom. The van der Waals surface area contributed by atoms with E-state index >= 15 is 0 Å². The minimum absolute atomic E-state index is 0.0591. The Kier molecular flexibility index (Phi) is 5.48. The predicted octanol–water partition coefficient (Wildman–Crippen LogP) is 4.00. The van der Waals surface area contributed by atoms with Gasteiger partial charge in [-0.3, -0.25) is 9.59 Å². The lowest BCUT2D eigenvalue weighted by Crippen LogP contribution is -2.07. The lowest BCUT2D eigenvalue weighted by molar-refractivity contribution is 0.101. The Labute approximate surface area is 151 Å². The molecule has 0 fully saturated rings. The fourth-order valence-corrected chi connectivity index (χ4v) is 3.87. The molecule has 0 aliphatic heterocycles. The number of carbonyl (C=O) groups is 2. The summed E-state index contributed by atoms with van der Waals surface area (Å²) in [5.74, 6) is -0.0160. The van der Waals surface area contributed by atoms with E-state index < -0.39 is 0 Å². The van der Waals surface area contributed by atoms with Gasteiger partial charge in [-0.2, -0.15) is 5.26 Å². The standard InChI is InChI=1S/C19H21N3O2S/c1-9-10(2)15(7-20)19(22-12(9)4)25-8-16(24)18-11(3)17(14(6)23)13(5)21-18/h21H,8H2,1-6H3. The van der Waals surface area contributed by atoms with E-state index in [1.165, 1.54) is 18.7 Å². The highest BCUT2D eigenvalue weighted by Gasteiger charge is 2.21. The molecule has 2 aromatic heterocycles. The predicted molar refractivity (Wildman–Crippen MR) is 98.5 cm³/mol. The largest absolute Gasteiger partial charge is 0.355 e. The number of thioether (sulfide) groups is 1. The van der Waals surface area contributed by atoms with Crippen LogP contribution in [0.15, 0.2) is 5.03 Å². The number of ketones is 2. The molecular formula is C19H21N3O2S. The maximum Gasteiger partial charge on any atom is 0.189 e. The molecule has 0 aliphatic carbocycles. The maximum absolute atomic E-state index is 12.6. The van der Waals surface area contributed by atoms with Crippen LogP contribution in [0.3, 0.4) is 0 Å². The van der Waals surface area contributed by atoms with Gasteiger partial charge in [-0.05, 0) is 58.2 Å². The van der Waals surface area contributed by atoms with Crippen molar-refractivity contribution in [3.8, 4) is 6.07 Å². The maximum atomic E-state index is 12.6. The number of H-pyrrole nitrogens is 1. The van der Waals surface area contributed by atoms with Crippen LogP contribution in [0.1, 0.15) is 61.4 Å². The molecule has 0 spiro atoms. The Bertz CT molecular complexity index is 920. The summed E-state index contributed by atoms with van der Waals surface area (Å²) in [7, 11) is 0. The Hall–Kier alpha value is -2.39. The third kappa shape index (κ3) is 3.52. The van der Waals surface area contributed by atoms with Crippen LogP contribution >= 0.6 is 11.8 Å². The zero-order valence-electron chi connectivity index (χ0n) is 15.3. The number of hydrogen-bond donors (Lipinski definition) is 1. The summed E-state index contributed by atoms with van der Waals surface area (Å²) in [4.78, 5) is 31.8. The van der Waals surface area contributed by atoms with E-state index in [9.17, 15) is 14.9 Å². The van der Waals surface area contributed by atoms with Crippen LogP contribution in [0.25, 0.3) is 0 Å². The van der Waals surface area contributed by atoms with E-state index in [0.29, 0.717) is 33.1 Å². The van der Waals surface area contributed by atoms with Crippen LogP contribution < -0.4 is 0 Å². The van der Waals surface area contributed by atoms with Crippen LogP contribution in [0, 0.1) is 45.9 Å². The first-order valence-corrected chi connectivity index (χ1v) is 8.91. The molecule has 0 amide bonds. The van der Waals surface area contributed by atoms with Gasteiger partial charge in [-0.1, -0.05) is 11.8 Å². The van der Waals surface area contributed by atoms with Gasteiger partial charge in [0.25, 0.3) is 0 Å². The number of rotatable bonds is 5. The molecule has 6 heteroatoms. The zero-order chi connectivity index (χ0) is 18.9. The topological polar surface area (TPSA) is 86.6 Å².